The Labute approximate surface area is 114 Å². The van der Waals surface area contributed by atoms with E-state index in [4.69, 9.17) is 21.1 Å². The van der Waals surface area contributed by atoms with Crippen LogP contribution in [0.3, 0.4) is 0 Å². The Balaban J connectivity index is 2.15. The second-order valence-electron chi connectivity index (χ2n) is 4.97. The highest BCUT2D eigenvalue weighted by atomic mass is 35.5. The van der Waals surface area contributed by atoms with Gasteiger partial charge < -0.3 is 9.47 Å². The summed E-state index contributed by atoms with van der Waals surface area (Å²) >= 11 is 6.25. The molecule has 100 valence electrons. The molecule has 0 radical (unpaired) electrons. The number of hydrogen-bond donors (Lipinski definition) is 0. The third kappa shape index (κ3) is 2.65. The number of ether oxygens (including phenoxy) is 2. The van der Waals surface area contributed by atoms with Crippen LogP contribution in [0.4, 0.5) is 0 Å². The highest BCUT2D eigenvalue weighted by Crippen LogP contribution is 2.35. The SMILES string of the molecule is CCC1OC1CCc1c(C)c(Cl)cc(C)c1OC. The van der Waals surface area contributed by atoms with Gasteiger partial charge in [-0.05, 0) is 55.9 Å². The largest absolute Gasteiger partial charge is 0.496 e. The van der Waals surface area contributed by atoms with E-state index in [2.05, 4.69) is 13.8 Å². The minimum absolute atomic E-state index is 0.429. The van der Waals surface area contributed by atoms with Crippen LogP contribution in [-0.2, 0) is 11.2 Å². The van der Waals surface area contributed by atoms with Gasteiger partial charge in [0.05, 0.1) is 19.3 Å². The lowest BCUT2D eigenvalue weighted by atomic mass is 9.98. The maximum atomic E-state index is 6.25. The van der Waals surface area contributed by atoms with Crippen molar-refractivity contribution in [1.29, 1.82) is 0 Å². The molecule has 0 saturated carbocycles. The minimum atomic E-state index is 0.429. The Hall–Kier alpha value is -0.730. The van der Waals surface area contributed by atoms with Gasteiger partial charge in [-0.2, -0.15) is 0 Å². The van der Waals surface area contributed by atoms with Crippen LogP contribution in [0.1, 0.15) is 36.5 Å². The van der Waals surface area contributed by atoms with E-state index in [0.29, 0.717) is 12.2 Å². The Morgan fingerprint density at radius 1 is 1.33 bits per heavy atom. The molecule has 0 amide bonds. The van der Waals surface area contributed by atoms with Crippen molar-refractivity contribution in [1.82, 2.24) is 0 Å². The number of halogens is 1. The fraction of sp³-hybridized carbons (Fsp3) is 0.600. The van der Waals surface area contributed by atoms with Gasteiger partial charge in [-0.25, -0.2) is 0 Å². The van der Waals surface area contributed by atoms with Gasteiger partial charge >= 0.3 is 0 Å². The van der Waals surface area contributed by atoms with E-state index in [1.165, 1.54) is 5.56 Å². The summed E-state index contributed by atoms with van der Waals surface area (Å²) < 4.78 is 11.1. The van der Waals surface area contributed by atoms with Crippen molar-refractivity contribution in [2.24, 2.45) is 0 Å². The third-order valence-electron chi connectivity index (χ3n) is 3.76. The first kappa shape index (κ1) is 13.7. The molecule has 1 saturated heterocycles. The van der Waals surface area contributed by atoms with E-state index >= 15 is 0 Å². The van der Waals surface area contributed by atoms with Crippen molar-refractivity contribution < 1.29 is 9.47 Å². The van der Waals surface area contributed by atoms with Gasteiger partial charge in [0.1, 0.15) is 5.75 Å². The summed E-state index contributed by atoms with van der Waals surface area (Å²) in [5.74, 6) is 0.977. The smallest absolute Gasteiger partial charge is 0.125 e. The van der Waals surface area contributed by atoms with Gasteiger partial charge in [0.2, 0.25) is 0 Å². The van der Waals surface area contributed by atoms with E-state index in [-0.39, 0.29) is 0 Å². The molecule has 0 N–H and O–H groups in total. The standard InChI is InChI=1S/C15H21ClO2/c1-5-13-14(18-13)7-6-11-10(3)12(16)8-9(2)15(11)17-4/h8,13-14H,5-7H2,1-4H3. The van der Waals surface area contributed by atoms with Crippen LogP contribution < -0.4 is 4.74 Å². The highest BCUT2D eigenvalue weighted by Gasteiger charge is 2.36. The summed E-state index contributed by atoms with van der Waals surface area (Å²) in [6, 6.07) is 1.97. The number of rotatable bonds is 5. The molecule has 2 nitrogen and oxygen atoms in total. The Morgan fingerprint density at radius 3 is 2.61 bits per heavy atom. The highest BCUT2D eigenvalue weighted by molar-refractivity contribution is 6.31. The molecule has 2 atom stereocenters. The fourth-order valence-corrected chi connectivity index (χ4v) is 2.86. The van der Waals surface area contributed by atoms with Crippen LogP contribution in [-0.4, -0.2) is 19.3 Å². The zero-order valence-corrected chi connectivity index (χ0v) is 12.3. The molecule has 18 heavy (non-hydrogen) atoms. The molecule has 1 aliphatic heterocycles. The van der Waals surface area contributed by atoms with Gasteiger partial charge in [0, 0.05) is 5.02 Å². The summed E-state index contributed by atoms with van der Waals surface area (Å²) in [5.41, 5.74) is 3.47. The molecular weight excluding hydrogens is 248 g/mol. The average molecular weight is 269 g/mol. The van der Waals surface area contributed by atoms with Gasteiger partial charge in [-0.15, -0.1) is 0 Å². The Kier molecular flexibility index (Phi) is 4.18. The summed E-state index contributed by atoms with van der Waals surface area (Å²) in [7, 11) is 1.72. The summed E-state index contributed by atoms with van der Waals surface area (Å²) in [6.45, 7) is 6.26. The Morgan fingerprint density at radius 2 is 2.06 bits per heavy atom. The number of epoxide rings is 1. The van der Waals surface area contributed by atoms with Gasteiger partial charge in [-0.3, -0.25) is 0 Å². The van der Waals surface area contributed by atoms with Crippen molar-refractivity contribution in [3.63, 3.8) is 0 Å². The molecule has 0 spiro atoms. The number of hydrogen-bond acceptors (Lipinski definition) is 2. The molecule has 0 aliphatic carbocycles. The molecule has 0 bridgehead atoms. The molecule has 1 aromatic rings. The molecule has 1 aromatic carbocycles. The lowest BCUT2D eigenvalue weighted by molar-refractivity contribution is 0.358. The maximum Gasteiger partial charge on any atom is 0.125 e. The first-order valence-electron chi connectivity index (χ1n) is 6.56. The van der Waals surface area contributed by atoms with E-state index in [1.54, 1.807) is 7.11 Å². The van der Waals surface area contributed by atoms with E-state index in [1.807, 2.05) is 13.0 Å². The maximum absolute atomic E-state index is 6.25. The molecule has 2 unspecified atom stereocenters. The topological polar surface area (TPSA) is 21.8 Å². The molecular formula is C15H21ClO2. The second-order valence-corrected chi connectivity index (χ2v) is 5.38. The van der Waals surface area contributed by atoms with Crippen molar-refractivity contribution in [2.45, 2.75) is 52.2 Å². The normalized spacial score (nSPS) is 22.1. The van der Waals surface area contributed by atoms with E-state index < -0.39 is 0 Å². The fourth-order valence-electron chi connectivity index (χ4n) is 2.58. The first-order valence-corrected chi connectivity index (χ1v) is 6.94. The zero-order chi connectivity index (χ0) is 13.3. The van der Waals surface area contributed by atoms with Crippen molar-refractivity contribution in [3.05, 3.63) is 27.8 Å². The summed E-state index contributed by atoms with van der Waals surface area (Å²) in [6.07, 6.45) is 4.03. The molecule has 2 rings (SSSR count). The lowest BCUT2D eigenvalue weighted by Gasteiger charge is -2.15. The van der Waals surface area contributed by atoms with Crippen LogP contribution >= 0.6 is 11.6 Å². The number of aryl methyl sites for hydroxylation is 1. The average Bonchev–Trinajstić information content (AvgIpc) is 3.10. The van der Waals surface area contributed by atoms with Crippen LogP contribution in [0.15, 0.2) is 6.07 Å². The van der Waals surface area contributed by atoms with Crippen LogP contribution in [0.5, 0.6) is 5.75 Å². The lowest BCUT2D eigenvalue weighted by Crippen LogP contribution is -2.02. The van der Waals surface area contributed by atoms with Crippen LogP contribution in [0, 0.1) is 13.8 Å². The predicted molar refractivity (Wildman–Crippen MR) is 74.8 cm³/mol. The van der Waals surface area contributed by atoms with E-state index in [9.17, 15) is 0 Å². The molecule has 1 heterocycles. The van der Waals surface area contributed by atoms with Crippen molar-refractivity contribution in [3.8, 4) is 5.75 Å². The van der Waals surface area contributed by atoms with Gasteiger partial charge in [-0.1, -0.05) is 18.5 Å². The monoisotopic (exact) mass is 268 g/mol. The quantitative estimate of drug-likeness (QED) is 0.751. The second kappa shape index (κ2) is 5.50. The Bertz CT molecular complexity index is 443. The summed E-state index contributed by atoms with van der Waals surface area (Å²) in [4.78, 5) is 0. The zero-order valence-electron chi connectivity index (χ0n) is 11.5. The van der Waals surface area contributed by atoms with Crippen molar-refractivity contribution in [2.75, 3.05) is 7.11 Å². The molecule has 3 heteroatoms. The minimum Gasteiger partial charge on any atom is -0.496 e. The molecule has 1 fully saturated rings. The molecule has 1 aliphatic rings. The van der Waals surface area contributed by atoms with Gasteiger partial charge in [0.25, 0.3) is 0 Å². The van der Waals surface area contributed by atoms with Gasteiger partial charge in [0.15, 0.2) is 0 Å². The van der Waals surface area contributed by atoms with Crippen molar-refractivity contribution >= 4 is 11.6 Å². The number of benzene rings is 1. The van der Waals surface area contributed by atoms with Crippen LogP contribution in [0.2, 0.25) is 5.02 Å². The van der Waals surface area contributed by atoms with Crippen LogP contribution in [0.25, 0.3) is 0 Å². The number of methoxy groups -OCH3 is 1. The summed E-state index contributed by atoms with van der Waals surface area (Å²) in [5, 5.41) is 0.826. The molecule has 0 aromatic heterocycles. The third-order valence-corrected chi connectivity index (χ3v) is 4.15. The van der Waals surface area contributed by atoms with E-state index in [0.717, 1.165) is 41.2 Å². The first-order chi connectivity index (χ1) is 8.58. The predicted octanol–water partition coefficient (Wildman–Crippen LogP) is 4.08.